The maximum Gasteiger partial charge on any atom is 0.261 e. The van der Waals surface area contributed by atoms with E-state index < -0.39 is 18.3 Å². The molecule has 5 rings (SSSR count). The van der Waals surface area contributed by atoms with Gasteiger partial charge in [0, 0.05) is 25.2 Å². The zero-order chi connectivity index (χ0) is 21.5. The number of fused-ring (bicyclic) bond motifs is 1. The van der Waals surface area contributed by atoms with Crippen LogP contribution in [-0.2, 0) is 16.1 Å². The van der Waals surface area contributed by atoms with Crippen molar-refractivity contribution in [1.82, 2.24) is 20.7 Å². The topological polar surface area (TPSA) is 78.4 Å². The number of amidine groups is 1. The number of carbonyl (C=O) groups excluding carboxylic acids is 1. The van der Waals surface area contributed by atoms with Gasteiger partial charge in [-0.25, -0.2) is 23.6 Å². The molecule has 0 saturated carbocycles. The Kier molecular flexibility index (Phi) is 4.97. The normalized spacial score (nSPS) is 23.4. The Bertz CT molecular complexity index is 1010. The van der Waals surface area contributed by atoms with Gasteiger partial charge in [0.25, 0.3) is 12.3 Å². The van der Waals surface area contributed by atoms with E-state index in [1.807, 2.05) is 0 Å². The number of benzene rings is 1. The number of amides is 1. The first-order chi connectivity index (χ1) is 15.0. The zero-order valence-corrected chi connectivity index (χ0v) is 16.4. The van der Waals surface area contributed by atoms with Gasteiger partial charge in [0.05, 0.1) is 18.4 Å². The van der Waals surface area contributed by atoms with Crippen LogP contribution in [0.25, 0.3) is 0 Å². The van der Waals surface area contributed by atoms with Crippen LogP contribution in [0.2, 0.25) is 0 Å². The molecule has 0 spiro atoms. The Morgan fingerprint density at radius 3 is 2.97 bits per heavy atom. The molecule has 0 radical (unpaired) electrons. The van der Waals surface area contributed by atoms with E-state index in [1.54, 1.807) is 11.2 Å². The van der Waals surface area contributed by atoms with Gasteiger partial charge < -0.3 is 19.7 Å². The molecule has 1 aromatic rings. The number of hydrogen-bond acceptors (Lipinski definition) is 7. The number of alkyl halides is 2. The van der Waals surface area contributed by atoms with Gasteiger partial charge >= 0.3 is 0 Å². The molecule has 11 heteroatoms. The summed E-state index contributed by atoms with van der Waals surface area (Å²) in [5, 5.41) is 4.37. The van der Waals surface area contributed by atoms with Crippen molar-refractivity contribution < 1.29 is 27.4 Å². The van der Waals surface area contributed by atoms with Crippen molar-refractivity contribution in [3.05, 3.63) is 52.9 Å². The number of carbonyl (C=O) groups is 1. The van der Waals surface area contributed by atoms with Crippen molar-refractivity contribution in [3.8, 4) is 5.75 Å². The Morgan fingerprint density at radius 1 is 1.26 bits per heavy atom. The molecule has 1 saturated heterocycles. The number of hydrazine groups is 1. The standard InChI is InChI=1S/C20H20F3N5O3/c21-12-2-3-15-11(6-12)8-27-14(17(22)23)10-31-16-9-28-18(26-19(16)27)13(7-25-28)20(29)24-4-1-5-30-15/h2-3,6,9,14,17,25H,1,4-5,7-8,10H2,(H,24,29). The van der Waals surface area contributed by atoms with Crippen molar-refractivity contribution in [3.63, 3.8) is 0 Å². The lowest BCUT2D eigenvalue weighted by atomic mass is 10.1. The van der Waals surface area contributed by atoms with Crippen molar-refractivity contribution in [2.75, 3.05) is 26.3 Å². The van der Waals surface area contributed by atoms with E-state index in [2.05, 4.69) is 15.7 Å². The van der Waals surface area contributed by atoms with Crippen LogP contribution >= 0.6 is 0 Å². The predicted molar refractivity (Wildman–Crippen MR) is 103 cm³/mol. The summed E-state index contributed by atoms with van der Waals surface area (Å²) in [6.07, 6.45) is -0.614. The van der Waals surface area contributed by atoms with Gasteiger partial charge in [0.15, 0.2) is 17.4 Å². The summed E-state index contributed by atoms with van der Waals surface area (Å²) >= 11 is 0. The first-order valence-electron chi connectivity index (χ1n) is 9.95. The van der Waals surface area contributed by atoms with Crippen molar-refractivity contribution in [1.29, 1.82) is 0 Å². The third-order valence-electron chi connectivity index (χ3n) is 5.48. The lowest BCUT2D eigenvalue weighted by Crippen LogP contribution is -2.53. The monoisotopic (exact) mass is 435 g/mol. The Labute approximate surface area is 176 Å². The third-order valence-corrected chi connectivity index (χ3v) is 5.48. The summed E-state index contributed by atoms with van der Waals surface area (Å²) < 4.78 is 53.1. The molecule has 1 atom stereocenters. The second kappa shape index (κ2) is 7.80. The molecule has 1 unspecified atom stereocenters. The lowest BCUT2D eigenvalue weighted by molar-refractivity contribution is -0.117. The van der Waals surface area contributed by atoms with E-state index in [9.17, 15) is 18.0 Å². The Balaban J connectivity index is 1.63. The van der Waals surface area contributed by atoms with Gasteiger partial charge in [0.2, 0.25) is 0 Å². The molecule has 0 aliphatic carbocycles. The first kappa shape index (κ1) is 19.7. The van der Waals surface area contributed by atoms with Gasteiger partial charge in [-0.1, -0.05) is 0 Å². The average Bonchev–Trinajstić information content (AvgIpc) is 3.15. The molecule has 8 nitrogen and oxygen atoms in total. The van der Waals surface area contributed by atoms with Crippen molar-refractivity contribution in [2.45, 2.75) is 25.4 Å². The minimum absolute atomic E-state index is 0.0517. The number of halogens is 3. The molecule has 4 aliphatic heterocycles. The van der Waals surface area contributed by atoms with Gasteiger partial charge in [-0.05, 0) is 24.6 Å². The van der Waals surface area contributed by atoms with Crippen LogP contribution in [-0.4, -0.2) is 60.4 Å². The summed E-state index contributed by atoms with van der Waals surface area (Å²) in [6.45, 7) is 0.595. The average molecular weight is 435 g/mol. The Hall–Kier alpha value is -3.21. The smallest absolute Gasteiger partial charge is 0.261 e. The number of hydrogen-bond donors (Lipinski definition) is 2. The minimum Gasteiger partial charge on any atom is -0.493 e. The maximum absolute atomic E-state index is 14.0. The Morgan fingerprint density at radius 2 is 2.13 bits per heavy atom. The van der Waals surface area contributed by atoms with E-state index >= 15 is 0 Å². The first-order valence-corrected chi connectivity index (χ1v) is 9.95. The van der Waals surface area contributed by atoms with Crippen LogP contribution in [0.1, 0.15) is 12.0 Å². The number of nitrogens with one attached hydrogen (secondary N) is 2. The van der Waals surface area contributed by atoms with Gasteiger partial charge in [-0.15, -0.1) is 0 Å². The molecule has 4 aliphatic rings. The molecule has 1 aromatic carbocycles. The highest BCUT2D eigenvalue weighted by molar-refractivity contribution is 6.01. The van der Waals surface area contributed by atoms with Gasteiger partial charge in [0.1, 0.15) is 24.2 Å². The van der Waals surface area contributed by atoms with E-state index in [1.165, 1.54) is 23.1 Å². The van der Waals surface area contributed by atoms with Crippen LogP contribution in [0.5, 0.6) is 5.75 Å². The third kappa shape index (κ3) is 3.58. The van der Waals surface area contributed by atoms with E-state index in [0.717, 1.165) is 0 Å². The van der Waals surface area contributed by atoms with Crippen LogP contribution < -0.4 is 15.5 Å². The zero-order valence-electron chi connectivity index (χ0n) is 16.4. The molecule has 0 aromatic heterocycles. The summed E-state index contributed by atoms with van der Waals surface area (Å²) in [7, 11) is 0. The fourth-order valence-electron chi connectivity index (χ4n) is 3.89. The predicted octanol–water partition coefficient (Wildman–Crippen LogP) is 1.48. The number of ether oxygens (including phenoxy) is 2. The quantitative estimate of drug-likeness (QED) is 0.696. The molecule has 1 fully saturated rings. The van der Waals surface area contributed by atoms with E-state index in [4.69, 9.17) is 9.47 Å². The van der Waals surface area contributed by atoms with E-state index in [-0.39, 0.29) is 38.0 Å². The fraction of sp³-hybridized carbons (Fsp3) is 0.400. The second-order valence-electron chi connectivity index (χ2n) is 7.49. The molecule has 4 heterocycles. The van der Waals surface area contributed by atoms with E-state index in [0.29, 0.717) is 41.4 Å². The number of rotatable bonds is 1. The number of morpholine rings is 1. The van der Waals surface area contributed by atoms with Crippen molar-refractivity contribution in [2.24, 2.45) is 4.99 Å². The van der Waals surface area contributed by atoms with Crippen LogP contribution in [0.4, 0.5) is 13.2 Å². The highest BCUT2D eigenvalue weighted by Gasteiger charge is 2.41. The van der Waals surface area contributed by atoms with Gasteiger partial charge in [-0.3, -0.25) is 9.80 Å². The summed E-state index contributed by atoms with van der Waals surface area (Å²) in [4.78, 5) is 18.5. The molecule has 1 amide bonds. The maximum atomic E-state index is 14.0. The SMILES string of the molecule is O=C1NCCCOc2ccc(F)cc2CN2C3=NC4=C1CNN4C=C3OCC2C(F)F. The molecule has 2 bridgehead atoms. The molecule has 164 valence electrons. The molecule has 2 N–H and O–H groups in total. The van der Waals surface area contributed by atoms with Crippen LogP contribution in [0.3, 0.4) is 0 Å². The largest absolute Gasteiger partial charge is 0.493 e. The lowest BCUT2D eigenvalue weighted by Gasteiger charge is -2.41. The summed E-state index contributed by atoms with van der Waals surface area (Å²) in [5.41, 5.74) is 3.85. The molecular formula is C20H20F3N5O3. The summed E-state index contributed by atoms with van der Waals surface area (Å²) in [6, 6.07) is 2.73. The van der Waals surface area contributed by atoms with Gasteiger partial charge in [-0.2, -0.15) is 0 Å². The summed E-state index contributed by atoms with van der Waals surface area (Å²) in [5.74, 6) is 0.405. The molecular weight excluding hydrogens is 415 g/mol. The molecule has 31 heavy (non-hydrogen) atoms. The highest BCUT2D eigenvalue weighted by atomic mass is 19.3. The second-order valence-corrected chi connectivity index (χ2v) is 7.49. The van der Waals surface area contributed by atoms with Crippen LogP contribution in [0, 0.1) is 5.82 Å². The number of aliphatic imine (C=N–C) groups is 1. The fourth-order valence-corrected chi connectivity index (χ4v) is 3.89. The van der Waals surface area contributed by atoms with Crippen molar-refractivity contribution >= 4 is 11.7 Å². The minimum atomic E-state index is -2.72. The highest BCUT2D eigenvalue weighted by Crippen LogP contribution is 2.33. The van der Waals surface area contributed by atoms with Crippen LogP contribution in [0.15, 0.2) is 46.5 Å². The number of nitrogens with zero attached hydrogens (tertiary/aromatic N) is 3.